The molecule has 0 saturated heterocycles. The van der Waals surface area contributed by atoms with E-state index >= 15 is 0 Å². The summed E-state index contributed by atoms with van der Waals surface area (Å²) in [5.41, 5.74) is -0.322. The summed E-state index contributed by atoms with van der Waals surface area (Å²) >= 11 is 0. The Bertz CT molecular complexity index is 719. The Hall–Kier alpha value is -2.37. The summed E-state index contributed by atoms with van der Waals surface area (Å²) in [7, 11) is 0. The van der Waals surface area contributed by atoms with Crippen molar-refractivity contribution in [3.8, 4) is 5.75 Å². The standard InChI is InChI=1S/C13H14N2O4/c1-3-6-15-11-8(5-4-7(2)14-11)10(16)9(12(15)17)13(18)19/h4-5,16H,3,6H2,1-2H3,(H,18,19). The fourth-order valence-electron chi connectivity index (χ4n) is 2.02. The number of hydrogen-bond donors (Lipinski definition) is 2. The van der Waals surface area contributed by atoms with E-state index in [-0.39, 0.29) is 5.39 Å². The topological polar surface area (TPSA) is 92.4 Å². The molecule has 6 nitrogen and oxygen atoms in total. The molecule has 2 N–H and O–H groups in total. The summed E-state index contributed by atoms with van der Waals surface area (Å²) in [5, 5.41) is 19.3. The monoisotopic (exact) mass is 262 g/mol. The second-order valence-electron chi connectivity index (χ2n) is 4.31. The van der Waals surface area contributed by atoms with Gasteiger partial charge in [0.2, 0.25) is 0 Å². The number of carboxylic acids is 1. The van der Waals surface area contributed by atoms with Gasteiger partial charge in [-0.3, -0.25) is 9.36 Å². The average Bonchev–Trinajstić information content (AvgIpc) is 2.34. The van der Waals surface area contributed by atoms with Gasteiger partial charge in [-0.15, -0.1) is 0 Å². The summed E-state index contributed by atoms with van der Waals surface area (Å²) in [6.07, 6.45) is 0.661. The van der Waals surface area contributed by atoms with Crippen LogP contribution in [0, 0.1) is 6.92 Å². The van der Waals surface area contributed by atoms with Gasteiger partial charge in [0.15, 0.2) is 5.56 Å². The maximum atomic E-state index is 12.1. The first-order chi connectivity index (χ1) is 8.97. The number of hydrogen-bond acceptors (Lipinski definition) is 4. The second kappa shape index (κ2) is 4.72. The number of carbonyl (C=O) groups is 1. The first-order valence-corrected chi connectivity index (χ1v) is 5.93. The molecule has 0 aliphatic carbocycles. The van der Waals surface area contributed by atoms with Crippen LogP contribution in [-0.2, 0) is 6.54 Å². The lowest BCUT2D eigenvalue weighted by Gasteiger charge is -2.12. The van der Waals surface area contributed by atoms with Gasteiger partial charge < -0.3 is 10.2 Å². The molecule has 0 saturated carbocycles. The number of aromatic hydroxyl groups is 1. The lowest BCUT2D eigenvalue weighted by atomic mass is 10.1. The molecule has 0 unspecified atom stereocenters. The molecule has 19 heavy (non-hydrogen) atoms. The van der Waals surface area contributed by atoms with E-state index in [9.17, 15) is 14.7 Å². The van der Waals surface area contributed by atoms with E-state index in [0.717, 1.165) is 0 Å². The van der Waals surface area contributed by atoms with Crippen LogP contribution in [0.4, 0.5) is 0 Å². The van der Waals surface area contributed by atoms with Gasteiger partial charge in [-0.1, -0.05) is 6.92 Å². The molecule has 2 aromatic heterocycles. The minimum Gasteiger partial charge on any atom is -0.506 e. The lowest BCUT2D eigenvalue weighted by Crippen LogP contribution is -2.27. The van der Waals surface area contributed by atoms with Crippen LogP contribution in [0.25, 0.3) is 11.0 Å². The molecular formula is C13H14N2O4. The molecule has 2 aromatic rings. The number of nitrogens with zero attached hydrogens (tertiary/aromatic N) is 2. The van der Waals surface area contributed by atoms with Crippen LogP contribution in [0.1, 0.15) is 29.4 Å². The summed E-state index contributed by atoms with van der Waals surface area (Å²) in [6.45, 7) is 4.00. The van der Waals surface area contributed by atoms with E-state index in [0.29, 0.717) is 24.3 Å². The summed E-state index contributed by atoms with van der Waals surface area (Å²) < 4.78 is 1.30. The number of carboxylic acid groups (broad SMARTS) is 1. The van der Waals surface area contributed by atoms with Gasteiger partial charge in [0.05, 0.1) is 5.39 Å². The number of rotatable bonds is 3. The van der Waals surface area contributed by atoms with Gasteiger partial charge in [0.25, 0.3) is 5.56 Å². The van der Waals surface area contributed by atoms with Gasteiger partial charge >= 0.3 is 5.97 Å². The quantitative estimate of drug-likeness (QED) is 0.874. The highest BCUT2D eigenvalue weighted by atomic mass is 16.4. The van der Waals surface area contributed by atoms with Crippen molar-refractivity contribution in [2.75, 3.05) is 0 Å². The number of fused-ring (bicyclic) bond motifs is 1. The minimum atomic E-state index is -1.44. The Kier molecular flexibility index (Phi) is 3.25. The van der Waals surface area contributed by atoms with E-state index in [2.05, 4.69) is 4.98 Å². The van der Waals surface area contributed by atoms with Crippen LogP contribution < -0.4 is 5.56 Å². The molecule has 0 aromatic carbocycles. The van der Waals surface area contributed by atoms with Crippen molar-refractivity contribution in [2.45, 2.75) is 26.8 Å². The summed E-state index contributed by atoms with van der Waals surface area (Å²) in [5.74, 6) is -1.96. The first kappa shape index (κ1) is 13.1. The van der Waals surface area contributed by atoms with Crippen LogP contribution in [0.2, 0.25) is 0 Å². The molecule has 2 heterocycles. The Morgan fingerprint density at radius 2 is 2.11 bits per heavy atom. The maximum Gasteiger partial charge on any atom is 0.345 e. The van der Waals surface area contributed by atoms with E-state index in [4.69, 9.17) is 5.11 Å². The first-order valence-electron chi connectivity index (χ1n) is 5.93. The van der Waals surface area contributed by atoms with E-state index in [1.54, 1.807) is 19.1 Å². The number of pyridine rings is 2. The molecule has 0 atom stereocenters. The molecule has 100 valence electrons. The predicted octanol–water partition coefficient (Wildman–Crippen LogP) is 1.52. The van der Waals surface area contributed by atoms with Crippen molar-refractivity contribution < 1.29 is 15.0 Å². The molecule has 0 radical (unpaired) electrons. The van der Waals surface area contributed by atoms with Crippen LogP contribution in [0.5, 0.6) is 5.75 Å². The number of aromatic carboxylic acids is 1. The SMILES string of the molecule is CCCn1c(=O)c(C(=O)O)c(O)c2ccc(C)nc21. The Morgan fingerprint density at radius 3 is 2.68 bits per heavy atom. The van der Waals surface area contributed by atoms with Crippen molar-refractivity contribution >= 4 is 17.0 Å². The summed E-state index contributed by atoms with van der Waals surface area (Å²) in [6, 6.07) is 3.24. The highest BCUT2D eigenvalue weighted by molar-refractivity contribution is 5.97. The Morgan fingerprint density at radius 1 is 1.42 bits per heavy atom. The van der Waals surface area contributed by atoms with Crippen LogP contribution >= 0.6 is 0 Å². The largest absolute Gasteiger partial charge is 0.506 e. The van der Waals surface area contributed by atoms with Crippen LogP contribution in [0.3, 0.4) is 0 Å². The fourth-order valence-corrected chi connectivity index (χ4v) is 2.02. The lowest BCUT2D eigenvalue weighted by molar-refractivity contribution is 0.0691. The van der Waals surface area contributed by atoms with Crippen molar-refractivity contribution in [1.82, 2.24) is 9.55 Å². The third kappa shape index (κ3) is 2.05. The zero-order valence-electron chi connectivity index (χ0n) is 10.7. The van der Waals surface area contributed by atoms with E-state index in [1.807, 2.05) is 6.92 Å². The number of aryl methyl sites for hydroxylation is 2. The Labute approximate surface area is 108 Å². The molecule has 0 aliphatic heterocycles. The van der Waals surface area contributed by atoms with Crippen LogP contribution in [0.15, 0.2) is 16.9 Å². The van der Waals surface area contributed by atoms with Crippen LogP contribution in [-0.4, -0.2) is 25.7 Å². The molecule has 2 rings (SSSR count). The Balaban J connectivity index is 2.99. The highest BCUT2D eigenvalue weighted by Gasteiger charge is 2.21. The average molecular weight is 262 g/mol. The van der Waals surface area contributed by atoms with Crippen molar-refractivity contribution in [3.05, 3.63) is 33.7 Å². The minimum absolute atomic E-state index is 0.274. The maximum absolute atomic E-state index is 12.1. The third-order valence-corrected chi connectivity index (χ3v) is 2.88. The zero-order valence-corrected chi connectivity index (χ0v) is 10.7. The van der Waals surface area contributed by atoms with Crippen molar-refractivity contribution in [1.29, 1.82) is 0 Å². The molecule has 6 heteroatoms. The van der Waals surface area contributed by atoms with Gasteiger partial charge in [0.1, 0.15) is 11.4 Å². The summed E-state index contributed by atoms with van der Waals surface area (Å²) in [4.78, 5) is 27.5. The van der Waals surface area contributed by atoms with Gasteiger partial charge in [-0.05, 0) is 25.5 Å². The molecular weight excluding hydrogens is 248 g/mol. The molecule has 0 fully saturated rings. The zero-order chi connectivity index (χ0) is 14.2. The van der Waals surface area contributed by atoms with Crippen molar-refractivity contribution in [3.63, 3.8) is 0 Å². The third-order valence-electron chi connectivity index (χ3n) is 2.88. The van der Waals surface area contributed by atoms with E-state index in [1.165, 1.54) is 4.57 Å². The van der Waals surface area contributed by atoms with E-state index < -0.39 is 22.8 Å². The molecule has 0 spiro atoms. The highest BCUT2D eigenvalue weighted by Crippen LogP contribution is 2.25. The molecule has 0 aliphatic rings. The van der Waals surface area contributed by atoms with Gasteiger partial charge in [-0.2, -0.15) is 0 Å². The van der Waals surface area contributed by atoms with Gasteiger partial charge in [0, 0.05) is 12.2 Å². The van der Waals surface area contributed by atoms with Gasteiger partial charge in [-0.25, -0.2) is 9.78 Å². The molecule has 0 bridgehead atoms. The van der Waals surface area contributed by atoms with Crippen molar-refractivity contribution in [2.24, 2.45) is 0 Å². The smallest absolute Gasteiger partial charge is 0.345 e. The normalized spacial score (nSPS) is 10.8. The number of aromatic nitrogens is 2. The predicted molar refractivity (Wildman–Crippen MR) is 69.7 cm³/mol. The second-order valence-corrected chi connectivity index (χ2v) is 4.31. The fraction of sp³-hybridized carbons (Fsp3) is 0.308. The molecule has 0 amide bonds.